The van der Waals surface area contributed by atoms with E-state index in [9.17, 15) is 9.59 Å². The molecule has 1 amide bonds. The van der Waals surface area contributed by atoms with Gasteiger partial charge in [-0.2, -0.15) is 0 Å². The summed E-state index contributed by atoms with van der Waals surface area (Å²) >= 11 is 0. The van der Waals surface area contributed by atoms with E-state index in [4.69, 9.17) is 15.2 Å². The lowest BCUT2D eigenvalue weighted by molar-refractivity contribution is -0.125. The van der Waals surface area contributed by atoms with Gasteiger partial charge in [-0.15, -0.1) is 0 Å². The fourth-order valence-corrected chi connectivity index (χ4v) is 1.26. The van der Waals surface area contributed by atoms with E-state index in [-0.39, 0.29) is 5.56 Å². The zero-order chi connectivity index (χ0) is 13.0. The molecule has 1 rings (SSSR count). The summed E-state index contributed by atoms with van der Waals surface area (Å²) < 4.78 is 9.95. The normalized spacial score (nSPS) is 11.7. The minimum atomic E-state index is -0.965. The minimum absolute atomic E-state index is 0.278. The number of rotatable bonds is 4. The van der Waals surface area contributed by atoms with Crippen LogP contribution in [0.2, 0.25) is 0 Å². The van der Waals surface area contributed by atoms with E-state index < -0.39 is 18.0 Å². The summed E-state index contributed by atoms with van der Waals surface area (Å²) in [6.07, 6.45) is -0.965. The first-order chi connectivity index (χ1) is 7.95. The van der Waals surface area contributed by atoms with Crippen LogP contribution >= 0.6 is 0 Å². The Bertz CT molecular complexity index is 442. The summed E-state index contributed by atoms with van der Waals surface area (Å²) in [5.74, 6) is -0.918. The first-order valence-electron chi connectivity index (χ1n) is 5.10. The van der Waals surface area contributed by atoms with Crippen molar-refractivity contribution < 1.29 is 19.1 Å². The van der Waals surface area contributed by atoms with Gasteiger partial charge < -0.3 is 15.2 Å². The van der Waals surface area contributed by atoms with E-state index in [2.05, 4.69) is 0 Å². The number of methoxy groups -OCH3 is 1. The largest absolute Gasteiger partial charge is 0.496 e. The van der Waals surface area contributed by atoms with E-state index in [1.807, 2.05) is 13.0 Å². The maximum Gasteiger partial charge on any atom is 0.342 e. The van der Waals surface area contributed by atoms with Gasteiger partial charge in [0.15, 0.2) is 6.10 Å². The molecule has 0 radical (unpaired) electrons. The number of nitrogens with two attached hydrogens (primary N) is 1. The van der Waals surface area contributed by atoms with E-state index in [0.717, 1.165) is 5.56 Å². The van der Waals surface area contributed by atoms with Gasteiger partial charge in [0.25, 0.3) is 5.91 Å². The maximum absolute atomic E-state index is 11.8. The van der Waals surface area contributed by atoms with Crippen molar-refractivity contribution in [2.24, 2.45) is 5.73 Å². The van der Waals surface area contributed by atoms with Crippen molar-refractivity contribution in [3.05, 3.63) is 29.3 Å². The van der Waals surface area contributed by atoms with Crippen LogP contribution in [-0.2, 0) is 9.53 Å². The number of ether oxygens (including phenoxy) is 2. The summed E-state index contributed by atoms with van der Waals surface area (Å²) in [7, 11) is 1.46. The standard InChI is InChI=1S/C12H15NO4/c1-7-4-5-10(16-3)9(6-7)12(15)17-8(2)11(13)14/h4-6,8H,1-3H3,(H2,13,14)/t8-/m1/s1. The fourth-order valence-electron chi connectivity index (χ4n) is 1.26. The third-order valence-electron chi connectivity index (χ3n) is 2.26. The van der Waals surface area contributed by atoms with Crippen LogP contribution < -0.4 is 10.5 Å². The molecule has 5 heteroatoms. The van der Waals surface area contributed by atoms with Crippen LogP contribution in [0.1, 0.15) is 22.8 Å². The Morgan fingerprint density at radius 1 is 1.35 bits per heavy atom. The van der Waals surface area contributed by atoms with Gasteiger partial charge in [-0.25, -0.2) is 4.79 Å². The first-order valence-corrected chi connectivity index (χ1v) is 5.10. The molecule has 0 aliphatic rings. The highest BCUT2D eigenvalue weighted by molar-refractivity contribution is 5.94. The molecule has 1 aromatic carbocycles. The topological polar surface area (TPSA) is 78.6 Å². The second kappa shape index (κ2) is 5.34. The monoisotopic (exact) mass is 237 g/mol. The van der Waals surface area contributed by atoms with Crippen molar-refractivity contribution in [3.63, 3.8) is 0 Å². The lowest BCUT2D eigenvalue weighted by Crippen LogP contribution is -2.30. The van der Waals surface area contributed by atoms with E-state index >= 15 is 0 Å². The highest BCUT2D eigenvalue weighted by Gasteiger charge is 2.19. The lowest BCUT2D eigenvalue weighted by Gasteiger charge is -2.12. The Balaban J connectivity index is 2.95. The minimum Gasteiger partial charge on any atom is -0.496 e. The van der Waals surface area contributed by atoms with Crippen LogP contribution in [0.25, 0.3) is 0 Å². The average molecular weight is 237 g/mol. The number of benzene rings is 1. The molecule has 0 aromatic heterocycles. The van der Waals surface area contributed by atoms with Gasteiger partial charge in [0.05, 0.1) is 7.11 Å². The number of amides is 1. The van der Waals surface area contributed by atoms with Gasteiger partial charge in [-0.3, -0.25) is 4.79 Å². The van der Waals surface area contributed by atoms with Crippen LogP contribution in [0.4, 0.5) is 0 Å². The molecule has 1 atom stereocenters. The predicted molar refractivity (Wildman–Crippen MR) is 61.8 cm³/mol. The first kappa shape index (κ1) is 13.0. The number of esters is 1. The Morgan fingerprint density at radius 2 is 2.00 bits per heavy atom. The van der Waals surface area contributed by atoms with Gasteiger partial charge in [0.1, 0.15) is 11.3 Å². The second-order valence-electron chi connectivity index (χ2n) is 3.65. The summed E-state index contributed by atoms with van der Waals surface area (Å²) in [6.45, 7) is 3.26. The molecule has 0 fully saturated rings. The zero-order valence-corrected chi connectivity index (χ0v) is 10.0. The van der Waals surface area contributed by atoms with E-state index in [0.29, 0.717) is 5.75 Å². The SMILES string of the molecule is COc1ccc(C)cc1C(=O)O[C@H](C)C(N)=O. The highest BCUT2D eigenvalue weighted by Crippen LogP contribution is 2.20. The van der Waals surface area contributed by atoms with Gasteiger partial charge in [0, 0.05) is 0 Å². The molecule has 0 saturated heterocycles. The quantitative estimate of drug-likeness (QED) is 0.793. The van der Waals surface area contributed by atoms with Crippen LogP contribution in [0.5, 0.6) is 5.75 Å². The van der Waals surface area contributed by atoms with Crippen molar-refractivity contribution in [2.45, 2.75) is 20.0 Å². The zero-order valence-electron chi connectivity index (χ0n) is 10.0. The molecule has 2 N–H and O–H groups in total. The molecule has 0 saturated carbocycles. The molecule has 0 aliphatic heterocycles. The number of hydrogen-bond donors (Lipinski definition) is 1. The van der Waals surface area contributed by atoms with Gasteiger partial charge >= 0.3 is 5.97 Å². The number of hydrogen-bond acceptors (Lipinski definition) is 4. The Kier molecular flexibility index (Phi) is 4.09. The van der Waals surface area contributed by atoms with Crippen LogP contribution in [0.15, 0.2) is 18.2 Å². The Hall–Kier alpha value is -2.04. The molecule has 0 spiro atoms. The van der Waals surface area contributed by atoms with Crippen molar-refractivity contribution in [2.75, 3.05) is 7.11 Å². The van der Waals surface area contributed by atoms with Crippen LogP contribution in [0.3, 0.4) is 0 Å². The molecule has 0 heterocycles. The predicted octanol–water partition coefficient (Wildman–Crippen LogP) is 1.03. The fraction of sp³-hybridized carbons (Fsp3) is 0.333. The van der Waals surface area contributed by atoms with Crippen LogP contribution in [0, 0.1) is 6.92 Å². The Morgan fingerprint density at radius 3 is 2.53 bits per heavy atom. The molecule has 0 bridgehead atoms. The van der Waals surface area contributed by atoms with Gasteiger partial charge in [0.2, 0.25) is 0 Å². The molecule has 17 heavy (non-hydrogen) atoms. The molecular weight excluding hydrogens is 222 g/mol. The molecule has 0 unspecified atom stereocenters. The molecule has 1 aromatic rings. The van der Waals surface area contributed by atoms with Gasteiger partial charge in [-0.1, -0.05) is 11.6 Å². The van der Waals surface area contributed by atoms with E-state index in [1.165, 1.54) is 14.0 Å². The molecular formula is C12H15NO4. The summed E-state index contributed by atoms with van der Waals surface area (Å²) in [6, 6.07) is 5.11. The summed E-state index contributed by atoms with van der Waals surface area (Å²) in [4.78, 5) is 22.6. The average Bonchev–Trinajstić information content (AvgIpc) is 2.28. The van der Waals surface area contributed by atoms with Crippen molar-refractivity contribution >= 4 is 11.9 Å². The summed E-state index contributed by atoms with van der Waals surface area (Å²) in [5.41, 5.74) is 6.19. The number of primary amides is 1. The smallest absolute Gasteiger partial charge is 0.342 e. The van der Waals surface area contributed by atoms with Crippen molar-refractivity contribution in [1.82, 2.24) is 0 Å². The maximum atomic E-state index is 11.8. The molecule has 0 aliphatic carbocycles. The summed E-state index contributed by atoms with van der Waals surface area (Å²) in [5, 5.41) is 0. The van der Waals surface area contributed by atoms with E-state index in [1.54, 1.807) is 12.1 Å². The number of carbonyl (C=O) groups is 2. The molecule has 92 valence electrons. The highest BCUT2D eigenvalue weighted by atomic mass is 16.5. The molecule has 5 nitrogen and oxygen atoms in total. The third kappa shape index (κ3) is 3.21. The second-order valence-corrected chi connectivity index (χ2v) is 3.65. The van der Waals surface area contributed by atoms with Crippen molar-refractivity contribution in [3.8, 4) is 5.75 Å². The number of aryl methyl sites for hydroxylation is 1. The van der Waals surface area contributed by atoms with Crippen LogP contribution in [-0.4, -0.2) is 25.1 Å². The third-order valence-corrected chi connectivity index (χ3v) is 2.26. The van der Waals surface area contributed by atoms with Crippen molar-refractivity contribution in [1.29, 1.82) is 0 Å². The lowest BCUT2D eigenvalue weighted by atomic mass is 10.1. The number of carbonyl (C=O) groups excluding carboxylic acids is 2. The van der Waals surface area contributed by atoms with Gasteiger partial charge in [-0.05, 0) is 26.0 Å². The Labute approximate surface area is 99.5 Å².